The highest BCUT2D eigenvalue weighted by Gasteiger charge is 2.15. The minimum atomic E-state index is -3.63. The average molecular weight is 496 g/mol. The molecule has 0 fully saturated rings. The lowest BCUT2D eigenvalue weighted by Gasteiger charge is -2.11. The molecule has 5 nitrogen and oxygen atoms in total. The number of anilines is 1. The van der Waals surface area contributed by atoms with E-state index in [2.05, 4.69) is 34.4 Å². The van der Waals surface area contributed by atoms with Crippen LogP contribution in [0.4, 0.5) is 5.69 Å². The van der Waals surface area contributed by atoms with Gasteiger partial charge >= 0.3 is 0 Å². The molecular weight excluding hydrogens is 466 g/mol. The maximum atomic E-state index is 12.8. The Morgan fingerprint density at radius 1 is 0.722 bits per heavy atom. The number of fused-ring (bicyclic) bond motifs is 1. The number of aromatic nitrogens is 2. The number of hydrogen-bond donors (Lipinski definition) is 1. The van der Waals surface area contributed by atoms with Crippen LogP contribution in [0.5, 0.6) is 0 Å². The topological polar surface area (TPSA) is 64.0 Å². The van der Waals surface area contributed by atoms with E-state index in [9.17, 15) is 8.42 Å². The van der Waals surface area contributed by atoms with Crippen molar-refractivity contribution < 1.29 is 8.42 Å². The molecule has 4 aromatic carbocycles. The lowest BCUT2D eigenvalue weighted by Crippen LogP contribution is -2.13. The van der Waals surface area contributed by atoms with Gasteiger partial charge in [-0.25, -0.2) is 13.4 Å². The van der Waals surface area contributed by atoms with E-state index in [0.29, 0.717) is 5.69 Å². The van der Waals surface area contributed by atoms with Crippen LogP contribution in [0.15, 0.2) is 108 Å². The van der Waals surface area contributed by atoms with Crippen molar-refractivity contribution in [2.45, 2.75) is 37.5 Å². The highest BCUT2D eigenvalue weighted by atomic mass is 32.2. The minimum absolute atomic E-state index is 0.270. The standard InChI is InChI=1S/C30H29N3O2S/c1-2-8-23-15-20-27(21-16-23)36(34,35)32-25-18-13-24(14-19-25)17-22-30-31-28-11-6-7-12-29(28)33(30)26-9-4-3-5-10-26/h3-7,9-16,18-21,32H,2,8,17,22H2,1H3. The fraction of sp³-hybridized carbons (Fsp3) is 0.167. The maximum Gasteiger partial charge on any atom is 0.261 e. The lowest BCUT2D eigenvalue weighted by atomic mass is 10.1. The van der Waals surface area contributed by atoms with Crippen molar-refractivity contribution in [3.63, 3.8) is 0 Å². The van der Waals surface area contributed by atoms with Gasteiger partial charge in [0.05, 0.1) is 15.9 Å². The summed E-state index contributed by atoms with van der Waals surface area (Å²) in [6.07, 6.45) is 3.53. The van der Waals surface area contributed by atoms with Gasteiger partial charge in [0.1, 0.15) is 5.82 Å². The second-order valence-corrected chi connectivity index (χ2v) is 10.6. The molecule has 0 saturated carbocycles. The molecule has 5 rings (SSSR count). The Balaban J connectivity index is 1.30. The zero-order valence-corrected chi connectivity index (χ0v) is 21.1. The molecule has 1 heterocycles. The second kappa shape index (κ2) is 10.4. The van der Waals surface area contributed by atoms with E-state index in [1.165, 1.54) is 0 Å². The van der Waals surface area contributed by atoms with Crippen molar-refractivity contribution >= 4 is 26.7 Å². The Bertz CT molecular complexity index is 1560. The Morgan fingerprint density at radius 3 is 2.08 bits per heavy atom. The first-order valence-electron chi connectivity index (χ1n) is 12.3. The van der Waals surface area contributed by atoms with Crippen molar-refractivity contribution in [3.05, 3.63) is 120 Å². The molecule has 36 heavy (non-hydrogen) atoms. The third-order valence-corrected chi connectivity index (χ3v) is 7.66. The third kappa shape index (κ3) is 5.19. The number of nitrogens with one attached hydrogen (secondary N) is 1. The Labute approximate surface area is 212 Å². The van der Waals surface area contributed by atoms with Gasteiger partial charge in [-0.15, -0.1) is 0 Å². The van der Waals surface area contributed by atoms with E-state index in [1.807, 2.05) is 72.8 Å². The maximum absolute atomic E-state index is 12.8. The van der Waals surface area contributed by atoms with Gasteiger partial charge in [-0.05, 0) is 72.5 Å². The van der Waals surface area contributed by atoms with Crippen molar-refractivity contribution in [2.75, 3.05) is 4.72 Å². The summed E-state index contributed by atoms with van der Waals surface area (Å²) in [6.45, 7) is 2.11. The number of para-hydroxylation sites is 3. The first kappa shape index (κ1) is 23.8. The first-order chi connectivity index (χ1) is 17.5. The number of aryl methyl sites for hydroxylation is 3. The summed E-state index contributed by atoms with van der Waals surface area (Å²) in [5.41, 5.74) is 5.96. The second-order valence-electron chi connectivity index (χ2n) is 8.88. The van der Waals surface area contributed by atoms with Gasteiger partial charge in [0.2, 0.25) is 0 Å². The van der Waals surface area contributed by atoms with E-state index in [1.54, 1.807) is 12.1 Å². The van der Waals surface area contributed by atoms with E-state index < -0.39 is 10.0 Å². The zero-order valence-electron chi connectivity index (χ0n) is 20.3. The van der Waals surface area contributed by atoms with Gasteiger partial charge in [0, 0.05) is 17.8 Å². The molecule has 0 spiro atoms. The lowest BCUT2D eigenvalue weighted by molar-refractivity contribution is 0.601. The molecule has 0 atom stereocenters. The molecule has 6 heteroatoms. The molecule has 1 N–H and O–H groups in total. The molecule has 0 aliphatic rings. The van der Waals surface area contributed by atoms with Crippen molar-refractivity contribution in [1.82, 2.24) is 9.55 Å². The number of sulfonamides is 1. The minimum Gasteiger partial charge on any atom is -0.296 e. The highest BCUT2D eigenvalue weighted by Crippen LogP contribution is 2.23. The summed E-state index contributed by atoms with van der Waals surface area (Å²) < 4.78 is 30.5. The normalized spacial score (nSPS) is 11.6. The van der Waals surface area contributed by atoms with Crippen LogP contribution in [-0.2, 0) is 29.3 Å². The Kier molecular flexibility index (Phi) is 6.87. The average Bonchev–Trinajstić information content (AvgIpc) is 3.27. The van der Waals surface area contributed by atoms with E-state index >= 15 is 0 Å². The molecule has 0 amide bonds. The van der Waals surface area contributed by atoms with E-state index in [4.69, 9.17) is 4.98 Å². The predicted molar refractivity (Wildman–Crippen MR) is 146 cm³/mol. The van der Waals surface area contributed by atoms with Crippen molar-refractivity contribution in [2.24, 2.45) is 0 Å². The van der Waals surface area contributed by atoms with Crippen LogP contribution in [0.25, 0.3) is 16.7 Å². The highest BCUT2D eigenvalue weighted by molar-refractivity contribution is 7.92. The first-order valence-corrected chi connectivity index (χ1v) is 13.7. The fourth-order valence-corrected chi connectivity index (χ4v) is 5.50. The summed E-state index contributed by atoms with van der Waals surface area (Å²) in [7, 11) is -3.63. The van der Waals surface area contributed by atoms with Crippen LogP contribution < -0.4 is 4.72 Å². The van der Waals surface area contributed by atoms with Gasteiger partial charge in [0.15, 0.2) is 0 Å². The summed E-state index contributed by atoms with van der Waals surface area (Å²) >= 11 is 0. The van der Waals surface area contributed by atoms with Crippen LogP contribution in [0.3, 0.4) is 0 Å². The third-order valence-electron chi connectivity index (χ3n) is 6.26. The quantitative estimate of drug-likeness (QED) is 0.252. The van der Waals surface area contributed by atoms with Gasteiger partial charge in [-0.3, -0.25) is 9.29 Å². The zero-order chi connectivity index (χ0) is 25.0. The van der Waals surface area contributed by atoms with Crippen LogP contribution in [0.1, 0.15) is 30.3 Å². The number of imidazole rings is 1. The van der Waals surface area contributed by atoms with Gasteiger partial charge in [-0.1, -0.05) is 67.9 Å². The number of hydrogen-bond acceptors (Lipinski definition) is 3. The number of benzene rings is 4. The van der Waals surface area contributed by atoms with E-state index in [-0.39, 0.29) is 4.90 Å². The molecule has 0 bridgehead atoms. The van der Waals surface area contributed by atoms with Crippen LogP contribution in [0.2, 0.25) is 0 Å². The SMILES string of the molecule is CCCc1ccc(S(=O)(=O)Nc2ccc(CCc3nc4ccccc4n3-c3ccccc3)cc2)cc1. The molecule has 0 saturated heterocycles. The Hall–Kier alpha value is -3.90. The molecule has 5 aromatic rings. The molecule has 182 valence electrons. The number of rotatable bonds is 9. The van der Waals surface area contributed by atoms with E-state index in [0.717, 1.165) is 59.4 Å². The fourth-order valence-electron chi connectivity index (χ4n) is 4.44. The summed E-state index contributed by atoms with van der Waals surface area (Å²) in [5, 5.41) is 0. The molecule has 0 aliphatic carbocycles. The van der Waals surface area contributed by atoms with Gasteiger partial charge < -0.3 is 0 Å². The van der Waals surface area contributed by atoms with Gasteiger partial charge in [-0.2, -0.15) is 0 Å². The molecule has 0 radical (unpaired) electrons. The van der Waals surface area contributed by atoms with Crippen LogP contribution in [-0.4, -0.2) is 18.0 Å². The van der Waals surface area contributed by atoms with Crippen molar-refractivity contribution in [3.8, 4) is 5.69 Å². The summed E-state index contributed by atoms with van der Waals surface area (Å²) in [6, 6.07) is 33.1. The Morgan fingerprint density at radius 2 is 1.36 bits per heavy atom. The summed E-state index contributed by atoms with van der Waals surface area (Å²) in [5.74, 6) is 0.999. The predicted octanol–water partition coefficient (Wildman–Crippen LogP) is 6.56. The smallest absolute Gasteiger partial charge is 0.261 e. The monoisotopic (exact) mass is 495 g/mol. The van der Waals surface area contributed by atoms with Crippen molar-refractivity contribution in [1.29, 1.82) is 0 Å². The summed E-state index contributed by atoms with van der Waals surface area (Å²) in [4.78, 5) is 5.16. The molecular formula is C30H29N3O2S. The van der Waals surface area contributed by atoms with Gasteiger partial charge in [0.25, 0.3) is 10.0 Å². The number of nitrogens with zero attached hydrogens (tertiary/aromatic N) is 2. The van der Waals surface area contributed by atoms with Crippen LogP contribution in [0, 0.1) is 0 Å². The molecule has 1 aromatic heterocycles. The van der Waals surface area contributed by atoms with Crippen LogP contribution >= 0.6 is 0 Å². The largest absolute Gasteiger partial charge is 0.296 e. The molecule has 0 unspecified atom stereocenters. The molecule has 0 aliphatic heterocycles.